The van der Waals surface area contributed by atoms with Gasteiger partial charge in [0.05, 0.1) is 23.5 Å². The third-order valence-electron chi connectivity index (χ3n) is 6.60. The van der Waals surface area contributed by atoms with E-state index in [2.05, 4.69) is 32.3 Å². The SMILES string of the molecule is CCOC(=O)c1nc(-c2cnc3[nH]ccc3c2N[C@@H]2CC[C@]3(O)CC(C)C[C@H]2C3)no1. The van der Waals surface area contributed by atoms with Gasteiger partial charge in [0.15, 0.2) is 0 Å². The van der Waals surface area contributed by atoms with Crippen LogP contribution in [0, 0.1) is 11.8 Å². The average Bonchev–Trinajstić information content (AvgIpc) is 3.39. The van der Waals surface area contributed by atoms with Crippen molar-refractivity contribution in [2.24, 2.45) is 11.8 Å². The monoisotopic (exact) mass is 425 g/mol. The van der Waals surface area contributed by atoms with E-state index in [4.69, 9.17) is 9.26 Å². The lowest BCUT2D eigenvalue weighted by molar-refractivity contribution is -0.0677. The van der Waals surface area contributed by atoms with Crippen LogP contribution in [0.1, 0.15) is 56.6 Å². The number of fused-ring (bicyclic) bond motifs is 3. The Morgan fingerprint density at radius 1 is 1.45 bits per heavy atom. The van der Waals surface area contributed by atoms with Crippen molar-refractivity contribution in [3.8, 4) is 11.4 Å². The van der Waals surface area contributed by atoms with Crippen molar-refractivity contribution in [1.29, 1.82) is 0 Å². The summed E-state index contributed by atoms with van der Waals surface area (Å²) in [6, 6.07) is 2.18. The van der Waals surface area contributed by atoms with Crippen LogP contribution in [0.4, 0.5) is 5.69 Å². The summed E-state index contributed by atoms with van der Waals surface area (Å²) in [7, 11) is 0. The van der Waals surface area contributed by atoms with E-state index in [1.165, 1.54) is 0 Å². The van der Waals surface area contributed by atoms with Crippen LogP contribution in [0.5, 0.6) is 0 Å². The molecule has 0 amide bonds. The highest BCUT2D eigenvalue weighted by Crippen LogP contribution is 2.46. The summed E-state index contributed by atoms with van der Waals surface area (Å²) in [6.07, 6.45) is 8.00. The molecule has 164 valence electrons. The number of nitrogens with zero attached hydrogens (tertiary/aromatic N) is 3. The number of pyridine rings is 1. The number of aliphatic hydroxyl groups is 1. The second-order valence-electron chi connectivity index (χ2n) is 8.95. The molecule has 3 aromatic heterocycles. The van der Waals surface area contributed by atoms with Gasteiger partial charge in [0.25, 0.3) is 0 Å². The lowest BCUT2D eigenvalue weighted by Crippen LogP contribution is -2.49. The van der Waals surface area contributed by atoms with E-state index in [0.717, 1.165) is 48.8 Å². The van der Waals surface area contributed by atoms with Gasteiger partial charge in [0, 0.05) is 23.8 Å². The van der Waals surface area contributed by atoms with E-state index in [-0.39, 0.29) is 24.4 Å². The molecule has 2 aliphatic rings. The van der Waals surface area contributed by atoms with Gasteiger partial charge < -0.3 is 24.7 Å². The number of carbonyl (C=O) groups excluding carboxylic acids is 1. The van der Waals surface area contributed by atoms with Crippen molar-refractivity contribution in [2.45, 2.75) is 57.6 Å². The second-order valence-corrected chi connectivity index (χ2v) is 8.95. The van der Waals surface area contributed by atoms with Crippen molar-refractivity contribution < 1.29 is 19.2 Å². The Bertz CT molecular complexity index is 1110. The smallest absolute Gasteiger partial charge is 0.397 e. The number of nitrogens with one attached hydrogen (secondary N) is 2. The normalized spacial score (nSPS) is 27.9. The number of aromatic amines is 1. The molecule has 0 aromatic carbocycles. The summed E-state index contributed by atoms with van der Waals surface area (Å²) in [6.45, 7) is 4.17. The van der Waals surface area contributed by atoms with E-state index < -0.39 is 11.6 Å². The van der Waals surface area contributed by atoms with Crippen LogP contribution in [-0.2, 0) is 4.74 Å². The van der Waals surface area contributed by atoms with Crippen molar-refractivity contribution >= 4 is 22.7 Å². The van der Waals surface area contributed by atoms with Crippen LogP contribution in [0.3, 0.4) is 0 Å². The molecule has 4 atom stereocenters. The van der Waals surface area contributed by atoms with E-state index >= 15 is 0 Å². The minimum atomic E-state index is -0.644. The Balaban J connectivity index is 1.50. The maximum atomic E-state index is 12.0. The second kappa shape index (κ2) is 7.64. The first-order valence-electron chi connectivity index (χ1n) is 10.9. The molecule has 5 rings (SSSR count). The molecule has 2 saturated carbocycles. The van der Waals surface area contributed by atoms with Crippen LogP contribution in [0.25, 0.3) is 22.4 Å². The van der Waals surface area contributed by atoms with Gasteiger partial charge in [-0.1, -0.05) is 12.1 Å². The lowest BCUT2D eigenvalue weighted by Gasteiger charge is -2.48. The van der Waals surface area contributed by atoms with E-state index in [1.54, 1.807) is 13.1 Å². The molecular formula is C22H27N5O4. The summed E-state index contributed by atoms with van der Waals surface area (Å²) >= 11 is 0. The highest BCUT2D eigenvalue weighted by molar-refractivity contribution is 5.97. The molecule has 31 heavy (non-hydrogen) atoms. The first kappa shape index (κ1) is 20.0. The fourth-order valence-electron chi connectivity index (χ4n) is 5.39. The largest absolute Gasteiger partial charge is 0.459 e. The number of aromatic nitrogens is 4. The molecule has 3 heterocycles. The van der Waals surface area contributed by atoms with Gasteiger partial charge in [-0.15, -0.1) is 0 Å². The maximum Gasteiger partial charge on any atom is 0.397 e. The minimum Gasteiger partial charge on any atom is -0.459 e. The first-order chi connectivity index (χ1) is 15.0. The lowest BCUT2D eigenvalue weighted by atomic mass is 9.64. The van der Waals surface area contributed by atoms with Crippen molar-refractivity contribution in [3.05, 3.63) is 24.4 Å². The first-order valence-corrected chi connectivity index (χ1v) is 10.9. The van der Waals surface area contributed by atoms with Crippen LogP contribution >= 0.6 is 0 Å². The Morgan fingerprint density at radius 2 is 2.32 bits per heavy atom. The summed E-state index contributed by atoms with van der Waals surface area (Å²) in [5.74, 6) is 0.347. The molecule has 0 radical (unpaired) electrons. The van der Waals surface area contributed by atoms with Crippen molar-refractivity contribution in [1.82, 2.24) is 20.1 Å². The van der Waals surface area contributed by atoms with Crippen molar-refractivity contribution in [2.75, 3.05) is 11.9 Å². The Morgan fingerprint density at radius 3 is 3.16 bits per heavy atom. The summed E-state index contributed by atoms with van der Waals surface area (Å²) < 4.78 is 10.1. The van der Waals surface area contributed by atoms with Gasteiger partial charge in [-0.2, -0.15) is 4.98 Å². The molecule has 2 aliphatic carbocycles. The average molecular weight is 425 g/mol. The highest BCUT2D eigenvalue weighted by Gasteiger charge is 2.44. The molecule has 2 fully saturated rings. The molecule has 1 unspecified atom stereocenters. The fraction of sp³-hybridized carbons (Fsp3) is 0.545. The zero-order chi connectivity index (χ0) is 21.6. The zero-order valence-electron chi connectivity index (χ0n) is 17.7. The van der Waals surface area contributed by atoms with Gasteiger partial charge in [0.1, 0.15) is 5.65 Å². The molecule has 0 spiro atoms. The molecule has 9 nitrogen and oxygen atoms in total. The van der Waals surface area contributed by atoms with Gasteiger partial charge in [0.2, 0.25) is 5.82 Å². The van der Waals surface area contributed by atoms with Crippen LogP contribution < -0.4 is 5.32 Å². The number of esters is 1. The van der Waals surface area contributed by atoms with Crippen LogP contribution in [0.2, 0.25) is 0 Å². The summed E-state index contributed by atoms with van der Waals surface area (Å²) in [5.41, 5.74) is 1.74. The number of carbonyl (C=O) groups is 1. The van der Waals surface area contributed by atoms with E-state index in [0.29, 0.717) is 17.4 Å². The van der Waals surface area contributed by atoms with Gasteiger partial charge in [-0.25, -0.2) is 9.78 Å². The predicted octanol–water partition coefficient (Wildman–Crippen LogP) is 3.53. The topological polar surface area (TPSA) is 126 Å². The molecule has 3 N–H and O–H groups in total. The number of hydrogen-bond donors (Lipinski definition) is 3. The number of anilines is 1. The van der Waals surface area contributed by atoms with E-state index in [9.17, 15) is 9.90 Å². The third kappa shape index (κ3) is 3.67. The number of H-pyrrole nitrogens is 1. The standard InChI is InChI=1S/C22H27N5O4/c1-3-30-21(28)20-26-19(27-31-20)15-11-24-18-14(5-7-23-18)17(15)25-16-4-6-22(29)9-12(2)8-13(16)10-22/h5,7,11-13,16,29H,3-4,6,8-10H2,1-2H3,(H2,23,24,25)/t12?,13-,16+,22-/m0/s1. The van der Waals surface area contributed by atoms with Gasteiger partial charge in [-0.3, -0.25) is 0 Å². The zero-order valence-corrected chi connectivity index (χ0v) is 17.7. The predicted molar refractivity (Wildman–Crippen MR) is 113 cm³/mol. The number of rotatable bonds is 5. The molecular weight excluding hydrogens is 398 g/mol. The number of ether oxygens (including phenoxy) is 1. The van der Waals surface area contributed by atoms with Crippen LogP contribution in [-0.4, -0.2) is 49.4 Å². The van der Waals surface area contributed by atoms with Crippen molar-refractivity contribution in [3.63, 3.8) is 0 Å². The quantitative estimate of drug-likeness (QED) is 0.530. The van der Waals surface area contributed by atoms with Gasteiger partial charge >= 0.3 is 11.9 Å². The highest BCUT2D eigenvalue weighted by atomic mass is 16.6. The molecule has 9 heteroatoms. The summed E-state index contributed by atoms with van der Waals surface area (Å²) in [5, 5.41) is 19.6. The Hall–Kier alpha value is -2.94. The molecule has 3 aromatic rings. The number of hydrogen-bond acceptors (Lipinski definition) is 8. The van der Waals surface area contributed by atoms with Crippen LogP contribution in [0.15, 0.2) is 23.0 Å². The Labute approximate surface area is 179 Å². The Kier molecular flexibility index (Phi) is 4.92. The molecule has 2 bridgehead atoms. The maximum absolute atomic E-state index is 12.0. The third-order valence-corrected chi connectivity index (χ3v) is 6.60. The minimum absolute atomic E-state index is 0.180. The molecule has 0 aliphatic heterocycles. The van der Waals surface area contributed by atoms with E-state index in [1.807, 2.05) is 12.3 Å². The fourth-order valence-corrected chi connectivity index (χ4v) is 5.39. The molecule has 0 saturated heterocycles. The summed E-state index contributed by atoms with van der Waals surface area (Å²) in [4.78, 5) is 23.8. The van der Waals surface area contributed by atoms with Gasteiger partial charge in [-0.05, 0) is 56.9 Å².